The highest BCUT2D eigenvalue weighted by Gasteiger charge is 2.27. The standard InChI is InChI=1S/C19H28N6O2/c1-15(2)11-21-19(20-7-6-17-5-4-10-27-17)24-8-9-25(18(26)14-24)16-12-22-23(3)13-16/h4-5,10,12-13,15H,6-9,11,14H2,1-3H3,(H,20,21). The molecule has 1 saturated heterocycles. The number of hydrogen-bond acceptors (Lipinski definition) is 4. The highest BCUT2D eigenvalue weighted by molar-refractivity contribution is 5.98. The fourth-order valence-corrected chi connectivity index (χ4v) is 2.96. The van der Waals surface area contributed by atoms with E-state index in [1.807, 2.05) is 30.3 Å². The van der Waals surface area contributed by atoms with Gasteiger partial charge in [0.15, 0.2) is 5.96 Å². The van der Waals surface area contributed by atoms with Crippen molar-refractivity contribution in [3.8, 4) is 0 Å². The summed E-state index contributed by atoms with van der Waals surface area (Å²) in [7, 11) is 1.85. The first-order valence-corrected chi connectivity index (χ1v) is 9.37. The molecule has 0 spiro atoms. The Labute approximate surface area is 159 Å². The Morgan fingerprint density at radius 1 is 1.41 bits per heavy atom. The summed E-state index contributed by atoms with van der Waals surface area (Å²) in [5.41, 5.74) is 0.841. The average Bonchev–Trinajstić information content (AvgIpc) is 3.29. The molecule has 0 aliphatic carbocycles. The fourth-order valence-electron chi connectivity index (χ4n) is 2.96. The van der Waals surface area contributed by atoms with Gasteiger partial charge in [-0.3, -0.25) is 14.5 Å². The molecule has 1 fully saturated rings. The van der Waals surface area contributed by atoms with E-state index in [1.165, 1.54) is 0 Å². The van der Waals surface area contributed by atoms with Crippen LogP contribution in [0.3, 0.4) is 0 Å². The Hall–Kier alpha value is -2.77. The molecule has 0 unspecified atom stereocenters. The van der Waals surface area contributed by atoms with E-state index in [9.17, 15) is 4.79 Å². The van der Waals surface area contributed by atoms with Crippen molar-refractivity contribution < 1.29 is 9.21 Å². The normalized spacial score (nSPS) is 15.7. The Kier molecular flexibility index (Phi) is 6.16. The molecule has 3 heterocycles. The summed E-state index contributed by atoms with van der Waals surface area (Å²) in [6, 6.07) is 3.85. The second kappa shape index (κ2) is 8.75. The molecule has 0 bridgehead atoms. The van der Waals surface area contributed by atoms with Gasteiger partial charge in [0.05, 0.1) is 18.1 Å². The van der Waals surface area contributed by atoms with E-state index in [1.54, 1.807) is 22.0 Å². The van der Waals surface area contributed by atoms with Gasteiger partial charge in [0.2, 0.25) is 5.91 Å². The number of amides is 1. The van der Waals surface area contributed by atoms with Crippen LogP contribution in [0.4, 0.5) is 5.69 Å². The number of guanidine groups is 1. The van der Waals surface area contributed by atoms with Crippen LogP contribution in [0.15, 0.2) is 40.2 Å². The smallest absolute Gasteiger partial charge is 0.246 e. The number of carbonyl (C=O) groups is 1. The van der Waals surface area contributed by atoms with Crippen LogP contribution in [0, 0.1) is 5.92 Å². The van der Waals surface area contributed by atoms with E-state index >= 15 is 0 Å². The van der Waals surface area contributed by atoms with Gasteiger partial charge in [-0.05, 0) is 18.1 Å². The predicted octanol–water partition coefficient (Wildman–Crippen LogP) is 1.51. The number of piperazine rings is 1. The van der Waals surface area contributed by atoms with E-state index in [0.717, 1.165) is 36.9 Å². The van der Waals surface area contributed by atoms with Crippen molar-refractivity contribution in [1.82, 2.24) is 20.0 Å². The van der Waals surface area contributed by atoms with Crippen molar-refractivity contribution in [3.05, 3.63) is 36.5 Å². The summed E-state index contributed by atoms with van der Waals surface area (Å²) in [6.07, 6.45) is 6.04. The second-order valence-electron chi connectivity index (χ2n) is 7.15. The van der Waals surface area contributed by atoms with E-state index in [-0.39, 0.29) is 5.91 Å². The number of hydrogen-bond donors (Lipinski definition) is 1. The Morgan fingerprint density at radius 2 is 2.26 bits per heavy atom. The van der Waals surface area contributed by atoms with Gasteiger partial charge in [-0.2, -0.15) is 5.10 Å². The maximum atomic E-state index is 12.7. The lowest BCUT2D eigenvalue weighted by Gasteiger charge is -2.35. The first-order chi connectivity index (χ1) is 13.0. The van der Waals surface area contributed by atoms with E-state index in [4.69, 9.17) is 9.41 Å². The molecule has 146 valence electrons. The number of nitrogens with one attached hydrogen (secondary N) is 1. The Balaban J connectivity index is 1.62. The molecule has 27 heavy (non-hydrogen) atoms. The SMILES string of the molecule is CC(C)CN=C(NCCc1ccco1)N1CCN(c2cnn(C)c2)C(=O)C1. The number of aromatic nitrogens is 2. The molecule has 8 heteroatoms. The van der Waals surface area contributed by atoms with Crippen molar-refractivity contribution in [2.75, 3.05) is 37.6 Å². The number of carbonyl (C=O) groups excluding carboxylic acids is 1. The largest absolute Gasteiger partial charge is 0.469 e. The quantitative estimate of drug-likeness (QED) is 0.614. The van der Waals surface area contributed by atoms with Gasteiger partial charge >= 0.3 is 0 Å². The molecule has 0 aromatic carbocycles. The first kappa shape index (κ1) is 19.0. The van der Waals surface area contributed by atoms with E-state index < -0.39 is 0 Å². The lowest BCUT2D eigenvalue weighted by molar-refractivity contribution is -0.120. The van der Waals surface area contributed by atoms with Gasteiger partial charge in [-0.15, -0.1) is 0 Å². The Morgan fingerprint density at radius 3 is 2.89 bits per heavy atom. The number of anilines is 1. The lowest BCUT2D eigenvalue weighted by atomic mass is 10.2. The van der Waals surface area contributed by atoms with Gasteiger partial charge < -0.3 is 19.5 Å². The van der Waals surface area contributed by atoms with Crippen molar-refractivity contribution in [2.45, 2.75) is 20.3 Å². The molecular formula is C19H28N6O2. The van der Waals surface area contributed by atoms with Crippen molar-refractivity contribution in [3.63, 3.8) is 0 Å². The minimum Gasteiger partial charge on any atom is -0.469 e. The van der Waals surface area contributed by atoms with Crippen LogP contribution in [0.1, 0.15) is 19.6 Å². The first-order valence-electron chi connectivity index (χ1n) is 9.37. The van der Waals surface area contributed by atoms with Crippen molar-refractivity contribution in [1.29, 1.82) is 0 Å². The predicted molar refractivity (Wildman–Crippen MR) is 105 cm³/mol. The highest BCUT2D eigenvalue weighted by atomic mass is 16.3. The molecule has 3 rings (SSSR count). The van der Waals surface area contributed by atoms with Crippen LogP contribution in [-0.4, -0.2) is 59.3 Å². The highest BCUT2D eigenvalue weighted by Crippen LogP contribution is 2.16. The molecule has 0 radical (unpaired) electrons. The van der Waals surface area contributed by atoms with Crippen LogP contribution in [0.2, 0.25) is 0 Å². The number of aliphatic imine (C=N–C) groups is 1. The summed E-state index contributed by atoms with van der Waals surface area (Å²) >= 11 is 0. The maximum Gasteiger partial charge on any atom is 0.246 e. The van der Waals surface area contributed by atoms with Gasteiger partial charge in [0, 0.05) is 45.8 Å². The van der Waals surface area contributed by atoms with Crippen LogP contribution in [0.25, 0.3) is 0 Å². The third-order valence-electron chi connectivity index (χ3n) is 4.36. The third kappa shape index (κ3) is 5.12. The van der Waals surface area contributed by atoms with Crippen molar-refractivity contribution >= 4 is 17.6 Å². The summed E-state index contributed by atoms with van der Waals surface area (Å²) in [6.45, 7) is 7.35. The van der Waals surface area contributed by atoms with Crippen molar-refractivity contribution in [2.24, 2.45) is 18.0 Å². The summed E-state index contributed by atoms with van der Waals surface area (Å²) in [4.78, 5) is 21.2. The molecule has 8 nitrogen and oxygen atoms in total. The summed E-state index contributed by atoms with van der Waals surface area (Å²) < 4.78 is 7.09. The monoisotopic (exact) mass is 372 g/mol. The molecule has 1 N–H and O–H groups in total. The molecule has 2 aromatic rings. The molecule has 1 amide bonds. The zero-order valence-electron chi connectivity index (χ0n) is 16.3. The Bertz CT molecular complexity index is 765. The van der Waals surface area contributed by atoms with Gasteiger partial charge in [0.25, 0.3) is 0 Å². The van der Waals surface area contributed by atoms with Crippen LogP contribution in [0.5, 0.6) is 0 Å². The van der Waals surface area contributed by atoms with Crippen LogP contribution < -0.4 is 10.2 Å². The molecule has 2 aromatic heterocycles. The third-order valence-corrected chi connectivity index (χ3v) is 4.36. The summed E-state index contributed by atoms with van der Waals surface area (Å²) in [5.74, 6) is 2.23. The molecular weight excluding hydrogens is 344 g/mol. The molecule has 0 saturated carbocycles. The minimum atomic E-state index is 0.0549. The zero-order chi connectivity index (χ0) is 19.2. The average molecular weight is 372 g/mol. The zero-order valence-corrected chi connectivity index (χ0v) is 16.3. The van der Waals surface area contributed by atoms with Gasteiger partial charge in [-0.1, -0.05) is 13.8 Å². The number of rotatable bonds is 6. The lowest BCUT2D eigenvalue weighted by Crippen LogP contribution is -2.55. The van der Waals surface area contributed by atoms with Gasteiger partial charge in [-0.25, -0.2) is 0 Å². The molecule has 1 aliphatic rings. The van der Waals surface area contributed by atoms with E-state index in [0.29, 0.717) is 25.6 Å². The minimum absolute atomic E-state index is 0.0549. The second-order valence-corrected chi connectivity index (χ2v) is 7.15. The molecule has 1 aliphatic heterocycles. The number of furan rings is 1. The van der Waals surface area contributed by atoms with Crippen LogP contribution in [-0.2, 0) is 18.3 Å². The maximum absolute atomic E-state index is 12.7. The van der Waals surface area contributed by atoms with Gasteiger partial charge in [0.1, 0.15) is 12.3 Å². The summed E-state index contributed by atoms with van der Waals surface area (Å²) in [5, 5.41) is 7.55. The van der Waals surface area contributed by atoms with E-state index in [2.05, 4.69) is 24.3 Å². The number of aryl methyl sites for hydroxylation is 1. The van der Waals surface area contributed by atoms with Crippen LogP contribution >= 0.6 is 0 Å². The number of nitrogens with zero attached hydrogens (tertiary/aromatic N) is 5. The topological polar surface area (TPSA) is 78.9 Å². The fraction of sp³-hybridized carbons (Fsp3) is 0.526. The molecule has 0 atom stereocenters.